The van der Waals surface area contributed by atoms with E-state index in [4.69, 9.17) is 0 Å². The number of nitrogens with one attached hydrogen (secondary N) is 2. The molecule has 3 heterocycles. The van der Waals surface area contributed by atoms with E-state index in [1.165, 1.54) is 29.3 Å². The molecule has 230 valence electrons. The molecule has 9 nitrogen and oxygen atoms in total. The first-order valence-electron chi connectivity index (χ1n) is 14.1. The van der Waals surface area contributed by atoms with E-state index in [0.29, 0.717) is 28.7 Å². The molecule has 3 amide bonds. The number of anilines is 2. The summed E-state index contributed by atoms with van der Waals surface area (Å²) in [7, 11) is 0. The van der Waals surface area contributed by atoms with Crippen molar-refractivity contribution in [3.05, 3.63) is 107 Å². The minimum Gasteiger partial charge on any atom is -0.339 e. The lowest BCUT2D eigenvalue weighted by Gasteiger charge is -2.38. The molecule has 0 fully saturated rings. The zero-order valence-corrected chi connectivity index (χ0v) is 23.8. The molecule has 0 spiro atoms. The molecule has 3 atom stereocenters. The fourth-order valence-electron chi connectivity index (χ4n) is 5.52. The van der Waals surface area contributed by atoms with Crippen molar-refractivity contribution in [1.29, 1.82) is 0 Å². The summed E-state index contributed by atoms with van der Waals surface area (Å²) in [6.45, 7) is 1.90. The number of hydrogen-bond donors (Lipinski definition) is 2. The minimum absolute atomic E-state index is 0.0378. The van der Waals surface area contributed by atoms with Gasteiger partial charge >= 0.3 is 6.18 Å². The molecule has 45 heavy (non-hydrogen) atoms. The highest BCUT2D eigenvalue weighted by Crippen LogP contribution is 2.44. The molecular formula is C32H26F4N6O3. The summed E-state index contributed by atoms with van der Waals surface area (Å²) in [5.74, 6) is -3.20. The molecule has 1 aromatic heterocycles. The van der Waals surface area contributed by atoms with Crippen LogP contribution in [0.15, 0.2) is 84.0 Å². The number of aliphatic imine (C=N–C) groups is 1. The summed E-state index contributed by atoms with van der Waals surface area (Å²) in [5, 5.41) is 9.90. The zero-order valence-electron chi connectivity index (χ0n) is 23.8. The Bertz CT molecular complexity index is 1820. The molecule has 0 saturated heterocycles. The predicted octanol–water partition coefficient (Wildman–Crippen LogP) is 5.11. The molecule has 0 radical (unpaired) electrons. The average Bonchev–Trinajstić information content (AvgIpc) is 3.73. The molecule has 6 rings (SSSR count). The average molecular weight is 619 g/mol. The van der Waals surface area contributed by atoms with Crippen LogP contribution in [-0.2, 0) is 15.8 Å². The van der Waals surface area contributed by atoms with Crippen LogP contribution in [0, 0.1) is 5.82 Å². The van der Waals surface area contributed by atoms with Crippen molar-refractivity contribution in [2.24, 2.45) is 4.99 Å². The van der Waals surface area contributed by atoms with Gasteiger partial charge in [-0.1, -0.05) is 30.3 Å². The zero-order chi connectivity index (χ0) is 31.9. The minimum atomic E-state index is -4.69. The third-order valence-electron chi connectivity index (χ3n) is 7.66. The molecule has 0 aliphatic carbocycles. The number of aromatic nitrogens is 2. The Morgan fingerprint density at radius 2 is 1.73 bits per heavy atom. The Labute approximate surface area is 254 Å². The number of carbonyl (C=O) groups is 3. The number of nitrogens with zero attached hydrogens (tertiary/aromatic N) is 4. The van der Waals surface area contributed by atoms with Gasteiger partial charge < -0.3 is 10.6 Å². The van der Waals surface area contributed by atoms with Crippen LogP contribution in [0.25, 0.3) is 5.69 Å². The van der Waals surface area contributed by atoms with Gasteiger partial charge in [0.1, 0.15) is 17.7 Å². The molecule has 2 aliphatic heterocycles. The molecule has 1 unspecified atom stereocenters. The van der Waals surface area contributed by atoms with Crippen molar-refractivity contribution < 1.29 is 31.9 Å². The molecule has 0 saturated carbocycles. The molecule has 13 heteroatoms. The second kappa shape index (κ2) is 11.6. The van der Waals surface area contributed by atoms with Gasteiger partial charge in [-0.2, -0.15) is 18.3 Å². The monoisotopic (exact) mass is 618 g/mol. The maximum Gasteiger partial charge on any atom is 0.416 e. The number of hydrogen-bond acceptors (Lipinski definition) is 5. The van der Waals surface area contributed by atoms with E-state index in [9.17, 15) is 31.9 Å². The summed E-state index contributed by atoms with van der Waals surface area (Å²) < 4.78 is 56.4. The van der Waals surface area contributed by atoms with Gasteiger partial charge in [0, 0.05) is 35.5 Å². The maximum absolute atomic E-state index is 14.6. The van der Waals surface area contributed by atoms with E-state index in [1.54, 1.807) is 42.1 Å². The third-order valence-corrected chi connectivity index (χ3v) is 7.66. The second-order valence-corrected chi connectivity index (χ2v) is 10.6. The van der Waals surface area contributed by atoms with Crippen molar-refractivity contribution in [2.75, 3.05) is 16.8 Å². The largest absolute Gasteiger partial charge is 0.416 e. The number of amides is 3. The number of alkyl halides is 3. The fourth-order valence-corrected chi connectivity index (χ4v) is 5.52. The number of para-hydroxylation sites is 1. The van der Waals surface area contributed by atoms with Gasteiger partial charge in [0.15, 0.2) is 0 Å². The standard InChI is InChI=1S/C32H26F4N6O3/c1-2-41-30-24(17-38-42(30)22-9-4-3-5-10-22)27(23-12-11-20(33)14-25(23)39-26(43)15-21-16-37-21)28(31(41)45)40-29(44)18-7-6-8-19(13-18)32(34,35)36/h3-14,16-17,21,27-28H,2,15H2,1H3,(H,39,43)(H,40,44)/t21?,27-,28+/m0/s1. The summed E-state index contributed by atoms with van der Waals surface area (Å²) in [4.78, 5) is 45.9. The van der Waals surface area contributed by atoms with Gasteiger partial charge in [-0.25, -0.2) is 9.07 Å². The first kappa shape index (κ1) is 29.7. The highest BCUT2D eigenvalue weighted by Gasteiger charge is 2.45. The number of fused-ring (bicyclic) bond motifs is 1. The molecule has 3 aromatic carbocycles. The first-order chi connectivity index (χ1) is 21.5. The lowest BCUT2D eigenvalue weighted by molar-refractivity contribution is -0.137. The van der Waals surface area contributed by atoms with Gasteiger partial charge in [-0.3, -0.25) is 24.3 Å². The quantitative estimate of drug-likeness (QED) is 0.268. The SMILES string of the molecule is CCN1C(=O)[C@H](NC(=O)c2cccc(C(F)(F)F)c2)[C@@H](c2ccc(F)cc2NC(=O)CC2C=N2)c2cnn(-c3ccccc3)c21. The van der Waals surface area contributed by atoms with Crippen molar-refractivity contribution >= 4 is 35.4 Å². The molecular weight excluding hydrogens is 592 g/mol. The van der Waals surface area contributed by atoms with Crippen LogP contribution in [0.3, 0.4) is 0 Å². The van der Waals surface area contributed by atoms with Gasteiger partial charge in [0.05, 0.1) is 29.9 Å². The van der Waals surface area contributed by atoms with Crippen LogP contribution in [0.2, 0.25) is 0 Å². The van der Waals surface area contributed by atoms with Crippen LogP contribution in [0.5, 0.6) is 0 Å². The third kappa shape index (κ3) is 5.93. The summed E-state index contributed by atoms with van der Waals surface area (Å²) in [6, 6.07) is 15.0. The van der Waals surface area contributed by atoms with Gasteiger partial charge in [0.2, 0.25) is 5.91 Å². The van der Waals surface area contributed by atoms with Crippen LogP contribution >= 0.6 is 0 Å². The number of rotatable bonds is 8. The Kier molecular flexibility index (Phi) is 7.69. The van der Waals surface area contributed by atoms with Crippen LogP contribution < -0.4 is 15.5 Å². The van der Waals surface area contributed by atoms with E-state index in [0.717, 1.165) is 18.2 Å². The lowest BCUT2D eigenvalue weighted by Crippen LogP contribution is -2.55. The summed E-state index contributed by atoms with van der Waals surface area (Å²) in [6.07, 6.45) is -1.52. The topological polar surface area (TPSA) is 109 Å². The van der Waals surface area contributed by atoms with E-state index in [-0.39, 0.29) is 30.3 Å². The van der Waals surface area contributed by atoms with Crippen molar-refractivity contribution in [1.82, 2.24) is 15.1 Å². The van der Waals surface area contributed by atoms with Crippen molar-refractivity contribution in [3.8, 4) is 5.69 Å². The normalized spacial score (nSPS) is 18.8. The van der Waals surface area contributed by atoms with Gasteiger partial charge in [-0.15, -0.1) is 0 Å². The number of carbonyl (C=O) groups excluding carboxylic acids is 3. The van der Waals surface area contributed by atoms with Crippen molar-refractivity contribution in [3.63, 3.8) is 0 Å². The summed E-state index contributed by atoms with van der Waals surface area (Å²) in [5.41, 5.74) is 0.164. The highest BCUT2D eigenvalue weighted by molar-refractivity contribution is 6.06. The van der Waals surface area contributed by atoms with Crippen LogP contribution in [0.4, 0.5) is 29.1 Å². The number of halogens is 4. The van der Waals surface area contributed by atoms with Gasteiger partial charge in [0.25, 0.3) is 11.8 Å². The van der Waals surface area contributed by atoms with E-state index >= 15 is 0 Å². The highest BCUT2D eigenvalue weighted by atomic mass is 19.4. The van der Waals surface area contributed by atoms with Crippen molar-refractivity contribution in [2.45, 2.75) is 37.5 Å². The van der Waals surface area contributed by atoms with E-state index in [1.807, 2.05) is 6.07 Å². The molecule has 4 aromatic rings. The first-order valence-corrected chi connectivity index (χ1v) is 14.1. The van der Waals surface area contributed by atoms with E-state index in [2.05, 4.69) is 20.7 Å². The molecule has 0 bridgehead atoms. The Morgan fingerprint density at radius 3 is 2.42 bits per heavy atom. The van der Waals surface area contributed by atoms with Gasteiger partial charge in [-0.05, 0) is 55.0 Å². The Balaban J connectivity index is 1.48. The van der Waals surface area contributed by atoms with Crippen LogP contribution in [-0.4, -0.2) is 52.3 Å². The lowest BCUT2D eigenvalue weighted by atomic mass is 9.81. The smallest absolute Gasteiger partial charge is 0.339 e. The summed E-state index contributed by atoms with van der Waals surface area (Å²) >= 11 is 0. The van der Waals surface area contributed by atoms with E-state index < -0.39 is 47.2 Å². The fraction of sp³-hybridized carbons (Fsp3) is 0.219. The predicted molar refractivity (Wildman–Crippen MR) is 158 cm³/mol. The molecule has 2 N–H and O–H groups in total. The Morgan fingerprint density at radius 1 is 0.978 bits per heavy atom. The number of likely N-dealkylation sites (N-methyl/N-ethyl adjacent to an activating group) is 1. The number of benzene rings is 3. The maximum atomic E-state index is 14.6. The second-order valence-electron chi connectivity index (χ2n) is 10.6. The van der Waals surface area contributed by atoms with Crippen LogP contribution in [0.1, 0.15) is 46.3 Å². The Hall–Kier alpha value is -5.33. The molecule has 2 aliphatic rings.